The molecule has 1 saturated heterocycles. The van der Waals surface area contributed by atoms with Crippen LogP contribution in [0.4, 0.5) is 5.82 Å². The number of likely N-dealkylation sites (tertiary alicyclic amines) is 1. The van der Waals surface area contributed by atoms with E-state index in [0.717, 1.165) is 38.9 Å². The first kappa shape index (κ1) is 19.0. The molecular formula is C23H22N6O2. The lowest BCUT2D eigenvalue weighted by atomic mass is 9.96. The number of nitrogens with zero attached hydrogens (tertiary/aromatic N) is 4. The molecule has 4 heterocycles. The Labute approximate surface area is 178 Å². The molecule has 0 radical (unpaired) electrons. The number of hydrogen-bond donors (Lipinski definition) is 2. The lowest BCUT2D eigenvalue weighted by molar-refractivity contribution is -0.130. The smallest absolute Gasteiger partial charge is 0.245 e. The minimum Gasteiger partial charge on any atom is -0.338 e. The van der Waals surface area contributed by atoms with Crippen LogP contribution >= 0.6 is 0 Å². The number of anilines is 1. The van der Waals surface area contributed by atoms with E-state index in [9.17, 15) is 9.59 Å². The molecule has 31 heavy (non-hydrogen) atoms. The summed E-state index contributed by atoms with van der Waals surface area (Å²) in [7, 11) is 0. The number of aryl methyl sites for hydroxylation is 1. The highest BCUT2D eigenvalue weighted by Gasteiger charge is 2.32. The summed E-state index contributed by atoms with van der Waals surface area (Å²) in [4.78, 5) is 30.3. The van der Waals surface area contributed by atoms with E-state index in [1.807, 2.05) is 41.8 Å². The van der Waals surface area contributed by atoms with Gasteiger partial charge in [0.05, 0.1) is 17.4 Å². The van der Waals surface area contributed by atoms with Crippen LogP contribution in [0.3, 0.4) is 0 Å². The first-order chi connectivity index (χ1) is 15.0. The Morgan fingerprint density at radius 3 is 2.81 bits per heavy atom. The second-order valence-corrected chi connectivity index (χ2v) is 7.90. The Balaban J connectivity index is 1.64. The van der Waals surface area contributed by atoms with Gasteiger partial charge in [0.1, 0.15) is 11.5 Å². The van der Waals surface area contributed by atoms with Crippen LogP contribution in [0.2, 0.25) is 0 Å². The standard InChI is InChI=1S/C23H22N6O2/c1-4-21(31)28-10-15(11-28)19-12-29-20(26-19)8-6-16(23(29)25-14(3)30)22-13(2)5-7-18-17(22)9-24-27-18/h4-9,12,15H,1,10-11H2,2-3H3,(H,24,27)(H,25,30). The maximum Gasteiger partial charge on any atom is 0.245 e. The number of hydrogen-bond acceptors (Lipinski definition) is 4. The van der Waals surface area contributed by atoms with E-state index in [1.165, 1.54) is 13.0 Å². The maximum absolute atomic E-state index is 12.1. The van der Waals surface area contributed by atoms with Crippen molar-refractivity contribution >= 4 is 34.2 Å². The molecule has 8 nitrogen and oxygen atoms in total. The summed E-state index contributed by atoms with van der Waals surface area (Å²) in [5.74, 6) is 0.604. The fraction of sp³-hybridized carbons (Fsp3) is 0.217. The summed E-state index contributed by atoms with van der Waals surface area (Å²) >= 11 is 0. The van der Waals surface area contributed by atoms with E-state index in [4.69, 9.17) is 4.98 Å². The van der Waals surface area contributed by atoms with E-state index in [0.29, 0.717) is 18.9 Å². The van der Waals surface area contributed by atoms with Crippen molar-refractivity contribution in [3.05, 3.63) is 60.6 Å². The van der Waals surface area contributed by atoms with Crippen molar-refractivity contribution in [3.63, 3.8) is 0 Å². The van der Waals surface area contributed by atoms with Gasteiger partial charge in [0.15, 0.2) is 0 Å². The largest absolute Gasteiger partial charge is 0.338 e. The summed E-state index contributed by atoms with van der Waals surface area (Å²) in [5, 5.41) is 11.2. The van der Waals surface area contributed by atoms with Crippen molar-refractivity contribution in [2.75, 3.05) is 18.4 Å². The molecule has 0 bridgehead atoms. The molecule has 1 aliphatic heterocycles. The third-order valence-electron chi connectivity index (χ3n) is 5.83. The average molecular weight is 414 g/mol. The van der Waals surface area contributed by atoms with Crippen molar-refractivity contribution in [3.8, 4) is 11.1 Å². The third-order valence-corrected chi connectivity index (χ3v) is 5.83. The molecule has 0 saturated carbocycles. The monoisotopic (exact) mass is 414 g/mol. The molecular weight excluding hydrogens is 392 g/mol. The molecule has 8 heteroatoms. The van der Waals surface area contributed by atoms with E-state index < -0.39 is 0 Å². The summed E-state index contributed by atoms with van der Waals surface area (Å²) < 4.78 is 1.92. The second-order valence-electron chi connectivity index (χ2n) is 7.90. The van der Waals surface area contributed by atoms with Gasteiger partial charge in [-0.3, -0.25) is 19.1 Å². The molecule has 1 aliphatic rings. The van der Waals surface area contributed by atoms with Crippen LogP contribution < -0.4 is 5.32 Å². The fourth-order valence-electron chi connectivity index (χ4n) is 4.23. The Hall–Kier alpha value is -3.94. The zero-order valence-electron chi connectivity index (χ0n) is 17.3. The fourth-order valence-corrected chi connectivity index (χ4v) is 4.23. The number of carbonyl (C=O) groups excluding carboxylic acids is 2. The molecule has 4 aromatic rings. The Kier molecular flexibility index (Phi) is 4.35. The highest BCUT2D eigenvalue weighted by atomic mass is 16.2. The summed E-state index contributed by atoms with van der Waals surface area (Å²) in [6, 6.07) is 7.98. The molecule has 0 unspecified atom stereocenters. The number of rotatable bonds is 4. The molecule has 2 amide bonds. The van der Waals surface area contributed by atoms with Gasteiger partial charge in [-0.25, -0.2) is 4.98 Å². The predicted octanol–water partition coefficient (Wildman–Crippen LogP) is 3.26. The van der Waals surface area contributed by atoms with Crippen molar-refractivity contribution in [2.45, 2.75) is 19.8 Å². The van der Waals surface area contributed by atoms with Crippen LogP contribution in [0.1, 0.15) is 24.1 Å². The quantitative estimate of drug-likeness (QED) is 0.501. The molecule has 2 N–H and O–H groups in total. The first-order valence-corrected chi connectivity index (χ1v) is 10.1. The van der Waals surface area contributed by atoms with Crippen LogP contribution in [-0.4, -0.2) is 49.4 Å². The van der Waals surface area contributed by atoms with Crippen molar-refractivity contribution in [1.29, 1.82) is 0 Å². The lowest BCUT2D eigenvalue weighted by Crippen LogP contribution is -2.47. The van der Waals surface area contributed by atoms with Crippen LogP contribution in [0.25, 0.3) is 27.7 Å². The average Bonchev–Trinajstić information content (AvgIpc) is 3.34. The van der Waals surface area contributed by atoms with Gasteiger partial charge in [0.2, 0.25) is 11.8 Å². The van der Waals surface area contributed by atoms with Crippen LogP contribution in [-0.2, 0) is 9.59 Å². The number of aromatic amines is 1. The normalized spacial score (nSPS) is 14.1. The summed E-state index contributed by atoms with van der Waals surface area (Å²) in [6.45, 7) is 8.31. The van der Waals surface area contributed by atoms with Gasteiger partial charge in [0, 0.05) is 43.1 Å². The number of pyridine rings is 1. The Morgan fingerprint density at radius 2 is 2.06 bits per heavy atom. The van der Waals surface area contributed by atoms with Gasteiger partial charge in [-0.1, -0.05) is 12.6 Å². The summed E-state index contributed by atoms with van der Waals surface area (Å²) in [6.07, 6.45) is 5.09. The van der Waals surface area contributed by atoms with Gasteiger partial charge in [-0.05, 0) is 42.3 Å². The number of amides is 2. The molecule has 3 aromatic heterocycles. The first-order valence-electron chi connectivity index (χ1n) is 10.1. The number of H-pyrrole nitrogens is 1. The maximum atomic E-state index is 12.1. The van der Waals surface area contributed by atoms with Crippen LogP contribution in [0.15, 0.2) is 49.3 Å². The van der Waals surface area contributed by atoms with E-state index in [1.54, 1.807) is 11.1 Å². The lowest BCUT2D eigenvalue weighted by Gasteiger charge is -2.37. The number of fused-ring (bicyclic) bond motifs is 2. The topological polar surface area (TPSA) is 95.4 Å². The third kappa shape index (κ3) is 3.07. The number of carbonyl (C=O) groups is 2. The van der Waals surface area contributed by atoms with Crippen molar-refractivity contribution < 1.29 is 9.59 Å². The van der Waals surface area contributed by atoms with Gasteiger partial charge < -0.3 is 10.2 Å². The molecule has 1 fully saturated rings. The van der Waals surface area contributed by atoms with E-state index >= 15 is 0 Å². The van der Waals surface area contributed by atoms with Gasteiger partial charge in [-0.15, -0.1) is 0 Å². The molecule has 1 aromatic carbocycles. The Morgan fingerprint density at radius 1 is 1.26 bits per heavy atom. The molecule has 0 spiro atoms. The molecule has 5 rings (SSSR count). The van der Waals surface area contributed by atoms with Crippen LogP contribution in [0.5, 0.6) is 0 Å². The molecule has 0 aliphatic carbocycles. The van der Waals surface area contributed by atoms with Gasteiger partial charge in [0.25, 0.3) is 0 Å². The highest BCUT2D eigenvalue weighted by molar-refractivity contribution is 6.02. The molecule has 0 atom stereocenters. The van der Waals surface area contributed by atoms with Gasteiger partial charge >= 0.3 is 0 Å². The predicted molar refractivity (Wildman–Crippen MR) is 119 cm³/mol. The van der Waals surface area contributed by atoms with Gasteiger partial charge in [-0.2, -0.15) is 5.10 Å². The second kappa shape index (κ2) is 7.09. The summed E-state index contributed by atoms with van der Waals surface area (Å²) in [5.41, 5.74) is 5.56. The number of aromatic nitrogens is 4. The number of benzene rings is 1. The van der Waals surface area contributed by atoms with Crippen molar-refractivity contribution in [1.82, 2.24) is 24.5 Å². The minimum atomic E-state index is -0.160. The number of imidazole rings is 1. The number of nitrogens with one attached hydrogen (secondary N) is 2. The zero-order chi connectivity index (χ0) is 21.7. The highest BCUT2D eigenvalue weighted by Crippen LogP contribution is 2.37. The Bertz CT molecular complexity index is 1360. The van der Waals surface area contributed by atoms with Crippen LogP contribution in [0, 0.1) is 6.92 Å². The molecule has 156 valence electrons. The van der Waals surface area contributed by atoms with E-state index in [-0.39, 0.29) is 17.7 Å². The van der Waals surface area contributed by atoms with Crippen molar-refractivity contribution in [2.24, 2.45) is 0 Å². The van der Waals surface area contributed by atoms with E-state index in [2.05, 4.69) is 22.1 Å². The SMILES string of the molecule is C=CC(=O)N1CC(c2cn3c(NC(C)=O)c(-c4c(C)ccc5[nH]ncc45)ccc3n2)C1. The minimum absolute atomic E-state index is 0.0649. The zero-order valence-corrected chi connectivity index (χ0v) is 17.3.